The second-order valence-corrected chi connectivity index (χ2v) is 12.7. The molecule has 2 aromatic carbocycles. The lowest BCUT2D eigenvalue weighted by atomic mass is 10.1. The Kier molecular flexibility index (Phi) is 10.3. The van der Waals surface area contributed by atoms with Gasteiger partial charge >= 0.3 is 6.18 Å². The zero-order chi connectivity index (χ0) is 38.0. The van der Waals surface area contributed by atoms with Crippen LogP contribution in [0.5, 0.6) is 5.75 Å². The van der Waals surface area contributed by atoms with Gasteiger partial charge in [0.25, 0.3) is 11.1 Å². The van der Waals surface area contributed by atoms with Gasteiger partial charge in [0.05, 0.1) is 35.4 Å². The first kappa shape index (κ1) is 36.5. The molecule has 0 amide bonds. The molecule has 0 atom stereocenters. The van der Waals surface area contributed by atoms with E-state index in [4.69, 9.17) is 4.74 Å². The number of piperazine rings is 2. The molecule has 2 N–H and O–H groups in total. The van der Waals surface area contributed by atoms with Crippen LogP contribution in [0.2, 0.25) is 0 Å². The Labute approximate surface area is 305 Å². The molecule has 2 fully saturated rings. The van der Waals surface area contributed by atoms with Gasteiger partial charge in [-0.2, -0.15) is 13.2 Å². The summed E-state index contributed by atoms with van der Waals surface area (Å²) in [7, 11) is 1.17. The van der Waals surface area contributed by atoms with E-state index < -0.39 is 23.4 Å². The molecule has 0 aliphatic carbocycles. The van der Waals surface area contributed by atoms with Gasteiger partial charge in [0.1, 0.15) is 28.7 Å². The Morgan fingerprint density at radius 1 is 0.667 bits per heavy atom. The number of aromatic nitrogens is 4. The maximum absolute atomic E-state index is 13.4. The van der Waals surface area contributed by atoms with Crippen molar-refractivity contribution in [1.82, 2.24) is 29.4 Å². The summed E-state index contributed by atoms with van der Waals surface area (Å²) in [6.07, 6.45) is -1.11. The van der Waals surface area contributed by atoms with Crippen molar-refractivity contribution < 1.29 is 26.7 Å². The van der Waals surface area contributed by atoms with Crippen LogP contribution in [0.25, 0.3) is 33.8 Å². The molecule has 8 rings (SSSR count). The summed E-state index contributed by atoms with van der Waals surface area (Å²) in [6.45, 7) is 6.91. The number of hydrogen-bond donors (Lipinski definition) is 2. The maximum Gasteiger partial charge on any atom is 0.419 e. The normalized spacial score (nSPS) is 14.9. The van der Waals surface area contributed by atoms with Gasteiger partial charge in [-0.3, -0.25) is 18.4 Å². The zero-order valence-electron chi connectivity index (χ0n) is 29.0. The van der Waals surface area contributed by atoms with E-state index >= 15 is 0 Å². The molecular weight excluding hydrogens is 711 g/mol. The Balaban J connectivity index is 0.000000168. The van der Waals surface area contributed by atoms with E-state index in [1.54, 1.807) is 24.5 Å². The summed E-state index contributed by atoms with van der Waals surface area (Å²) in [4.78, 5) is 38.3. The first-order valence-corrected chi connectivity index (χ1v) is 17.2. The third kappa shape index (κ3) is 7.75. The van der Waals surface area contributed by atoms with Gasteiger partial charge in [-0.25, -0.2) is 18.7 Å². The number of fused-ring (bicyclic) bond motifs is 2. The van der Waals surface area contributed by atoms with Crippen LogP contribution in [0.4, 0.5) is 33.3 Å². The number of alkyl halides is 3. The molecule has 2 saturated heterocycles. The first-order valence-electron chi connectivity index (χ1n) is 17.2. The fourth-order valence-corrected chi connectivity index (χ4v) is 6.57. The minimum absolute atomic E-state index is 0.119. The van der Waals surface area contributed by atoms with Crippen LogP contribution >= 0.6 is 0 Å². The molecule has 0 spiro atoms. The lowest BCUT2D eigenvalue weighted by Crippen LogP contribution is -2.43. The quantitative estimate of drug-likeness (QED) is 0.240. The molecule has 6 heterocycles. The highest BCUT2D eigenvalue weighted by Crippen LogP contribution is 2.41. The SMILES string of the molecule is COc1c(-c2cc(=O)n3cc(N4CCNCC4)ccc3n2)cccc1C(F)(F)F.O=c1cc(-c2cc(F)cc(F)c2)nc2ccc(N3CCNCC3)cn12. The topological polar surface area (TPSA) is 109 Å². The molecule has 11 nitrogen and oxygen atoms in total. The van der Waals surface area contributed by atoms with Crippen LogP contribution in [0.15, 0.2) is 94.8 Å². The summed E-state index contributed by atoms with van der Waals surface area (Å²) in [6, 6.07) is 16.5. The number of pyridine rings is 2. The molecule has 2 aliphatic rings. The fraction of sp³-hybridized carbons (Fsp3) is 0.263. The first-order chi connectivity index (χ1) is 26.0. The van der Waals surface area contributed by atoms with E-state index in [-0.39, 0.29) is 39.4 Å². The fourth-order valence-electron chi connectivity index (χ4n) is 6.57. The third-order valence-electron chi connectivity index (χ3n) is 9.21. The van der Waals surface area contributed by atoms with Crippen molar-refractivity contribution in [2.24, 2.45) is 0 Å². The lowest BCUT2D eigenvalue weighted by molar-refractivity contribution is -0.138. The van der Waals surface area contributed by atoms with E-state index in [9.17, 15) is 31.5 Å². The van der Waals surface area contributed by atoms with Crippen molar-refractivity contribution in [3.05, 3.63) is 123 Å². The molecule has 280 valence electrons. The maximum atomic E-state index is 13.4. The number of anilines is 2. The van der Waals surface area contributed by atoms with Crippen LogP contribution in [0.1, 0.15) is 5.56 Å². The second kappa shape index (κ2) is 15.2. The summed E-state index contributed by atoms with van der Waals surface area (Å²) in [5, 5.41) is 6.55. The van der Waals surface area contributed by atoms with Gasteiger partial charge in [0, 0.05) is 94.1 Å². The highest BCUT2D eigenvalue weighted by molar-refractivity contribution is 5.71. The predicted octanol–water partition coefficient (Wildman–Crippen LogP) is 4.85. The Morgan fingerprint density at radius 2 is 1.17 bits per heavy atom. The van der Waals surface area contributed by atoms with Crippen molar-refractivity contribution in [3.63, 3.8) is 0 Å². The summed E-state index contributed by atoms with van der Waals surface area (Å²) in [5.41, 5.74) is 1.80. The van der Waals surface area contributed by atoms with Crippen LogP contribution < -0.4 is 36.3 Å². The average molecular weight is 747 g/mol. The van der Waals surface area contributed by atoms with Gasteiger partial charge in [-0.1, -0.05) is 6.07 Å². The molecule has 0 saturated carbocycles. The predicted molar refractivity (Wildman–Crippen MR) is 195 cm³/mol. The molecule has 54 heavy (non-hydrogen) atoms. The highest BCUT2D eigenvalue weighted by Gasteiger charge is 2.35. The average Bonchev–Trinajstić information content (AvgIpc) is 3.17. The van der Waals surface area contributed by atoms with Crippen LogP contribution in [0.3, 0.4) is 0 Å². The van der Waals surface area contributed by atoms with E-state index in [1.807, 2.05) is 12.1 Å². The zero-order valence-corrected chi connectivity index (χ0v) is 29.0. The summed E-state index contributed by atoms with van der Waals surface area (Å²) in [5.74, 6) is -1.76. The monoisotopic (exact) mass is 746 g/mol. The van der Waals surface area contributed by atoms with E-state index in [2.05, 4.69) is 30.4 Å². The molecule has 0 bridgehead atoms. The number of methoxy groups -OCH3 is 1. The standard InChI is InChI=1S/C20H19F3N4O2.C18H16F2N4O/c1-29-19-14(3-2-4-15(19)20(21,22)23)16-11-18(28)27-12-13(5-6-17(27)25-16)26-9-7-24-8-10-26;19-13-7-12(8-14(20)9-13)16-10-18(25)24-11-15(1-2-17(24)22-16)23-5-3-21-4-6-23/h2-6,11-12,24H,7-10H2,1H3;1-2,7-11,21H,3-6H2. The number of rotatable bonds is 5. The van der Waals surface area contributed by atoms with Crippen molar-refractivity contribution in [1.29, 1.82) is 0 Å². The third-order valence-corrected chi connectivity index (χ3v) is 9.21. The van der Waals surface area contributed by atoms with E-state index in [0.717, 1.165) is 88.0 Å². The minimum Gasteiger partial charge on any atom is -0.495 e. The summed E-state index contributed by atoms with van der Waals surface area (Å²) >= 11 is 0. The number of halogens is 5. The molecule has 0 radical (unpaired) electrons. The summed E-state index contributed by atoms with van der Waals surface area (Å²) < 4.78 is 74.7. The van der Waals surface area contributed by atoms with E-state index in [1.165, 1.54) is 40.2 Å². The number of ether oxygens (including phenoxy) is 1. The van der Waals surface area contributed by atoms with Gasteiger partial charge in [0.2, 0.25) is 0 Å². The van der Waals surface area contributed by atoms with Crippen LogP contribution in [0, 0.1) is 11.6 Å². The van der Waals surface area contributed by atoms with Crippen LogP contribution in [-0.2, 0) is 6.18 Å². The van der Waals surface area contributed by atoms with Crippen molar-refractivity contribution in [2.45, 2.75) is 6.18 Å². The number of hydrogen-bond acceptors (Lipinski definition) is 9. The second-order valence-electron chi connectivity index (χ2n) is 12.7. The highest BCUT2D eigenvalue weighted by atomic mass is 19.4. The smallest absolute Gasteiger partial charge is 0.419 e. The molecule has 16 heteroatoms. The van der Waals surface area contributed by atoms with Gasteiger partial charge in [-0.15, -0.1) is 0 Å². The minimum atomic E-state index is -4.58. The molecular formula is C38H35F5N8O3. The van der Waals surface area contributed by atoms with Gasteiger partial charge in [-0.05, 0) is 48.5 Å². The molecule has 0 unspecified atom stereocenters. The molecule has 6 aromatic rings. The Hall–Kier alpha value is -5.87. The van der Waals surface area contributed by atoms with Crippen molar-refractivity contribution in [3.8, 4) is 28.3 Å². The molecule has 2 aliphatic heterocycles. The number of nitrogens with one attached hydrogen (secondary N) is 2. The van der Waals surface area contributed by atoms with Crippen molar-refractivity contribution in [2.75, 3.05) is 69.3 Å². The van der Waals surface area contributed by atoms with Crippen molar-refractivity contribution >= 4 is 22.7 Å². The van der Waals surface area contributed by atoms with Gasteiger partial charge in [0.15, 0.2) is 0 Å². The van der Waals surface area contributed by atoms with Gasteiger partial charge < -0.3 is 25.2 Å². The number of nitrogens with zero attached hydrogens (tertiary/aromatic N) is 6. The number of para-hydroxylation sites is 1. The Bertz CT molecular complexity index is 2420. The largest absolute Gasteiger partial charge is 0.495 e. The Morgan fingerprint density at radius 3 is 1.67 bits per heavy atom. The lowest BCUT2D eigenvalue weighted by Gasteiger charge is -2.29. The number of benzene rings is 2. The van der Waals surface area contributed by atoms with E-state index in [0.29, 0.717) is 11.3 Å². The van der Waals surface area contributed by atoms with Crippen LogP contribution in [-0.4, -0.2) is 78.2 Å². The molecule has 4 aromatic heterocycles.